The summed E-state index contributed by atoms with van der Waals surface area (Å²) >= 11 is 0. The Labute approximate surface area is 71.3 Å². The molecule has 0 unspecified atom stereocenters. The number of halogens is 2. The zero-order chi connectivity index (χ0) is 9.78. The summed E-state index contributed by atoms with van der Waals surface area (Å²) in [7, 11) is 0. The van der Waals surface area contributed by atoms with E-state index in [1.54, 1.807) is 13.8 Å². The summed E-state index contributed by atoms with van der Waals surface area (Å²) in [5.74, 6) is -1.19. The molecule has 0 aromatic heterocycles. The van der Waals surface area contributed by atoms with Crippen molar-refractivity contribution in [3.05, 3.63) is 0 Å². The van der Waals surface area contributed by atoms with E-state index in [0.717, 1.165) is 6.42 Å². The first-order valence-electron chi connectivity index (χ1n) is 3.99. The van der Waals surface area contributed by atoms with Gasteiger partial charge in [0, 0.05) is 5.54 Å². The molecule has 0 heterocycles. The number of hydrogen-bond acceptors (Lipinski definition) is 1. The molecule has 2 nitrogen and oxygen atoms in total. The molecule has 0 rings (SSSR count). The monoisotopic (exact) mass is 179 g/mol. The van der Waals surface area contributed by atoms with Crippen molar-refractivity contribution in [3.8, 4) is 0 Å². The van der Waals surface area contributed by atoms with Gasteiger partial charge in [0.25, 0.3) is 5.91 Å². The quantitative estimate of drug-likeness (QED) is 0.702. The molecule has 0 saturated carbocycles. The van der Waals surface area contributed by atoms with Crippen LogP contribution in [-0.2, 0) is 4.79 Å². The third kappa shape index (κ3) is 4.26. The van der Waals surface area contributed by atoms with Crippen LogP contribution < -0.4 is 5.32 Å². The summed E-state index contributed by atoms with van der Waals surface area (Å²) in [4.78, 5) is 10.6. The van der Waals surface area contributed by atoms with E-state index < -0.39 is 17.9 Å². The molecule has 0 aliphatic rings. The van der Waals surface area contributed by atoms with E-state index in [1.165, 1.54) is 0 Å². The van der Waals surface area contributed by atoms with Crippen LogP contribution in [0.15, 0.2) is 0 Å². The first-order chi connectivity index (χ1) is 5.39. The number of carbonyl (C=O) groups excluding carboxylic acids is 1. The van der Waals surface area contributed by atoms with Crippen molar-refractivity contribution < 1.29 is 13.6 Å². The fraction of sp³-hybridized carbons (Fsp3) is 0.875. The van der Waals surface area contributed by atoms with Crippen LogP contribution in [0.3, 0.4) is 0 Å². The summed E-state index contributed by atoms with van der Waals surface area (Å²) < 4.78 is 23.6. The van der Waals surface area contributed by atoms with Crippen molar-refractivity contribution in [2.75, 3.05) is 0 Å². The van der Waals surface area contributed by atoms with Crippen LogP contribution in [0.5, 0.6) is 0 Å². The second-order valence-electron chi connectivity index (χ2n) is 3.42. The van der Waals surface area contributed by atoms with Gasteiger partial charge in [-0.1, -0.05) is 13.3 Å². The SMILES string of the molecule is CCCC(C)(C)NC(=O)C(F)F. The van der Waals surface area contributed by atoms with Crippen molar-refractivity contribution in [3.63, 3.8) is 0 Å². The molecule has 0 bridgehead atoms. The lowest BCUT2D eigenvalue weighted by Gasteiger charge is -2.25. The largest absolute Gasteiger partial charge is 0.346 e. The van der Waals surface area contributed by atoms with Crippen LogP contribution in [0.2, 0.25) is 0 Å². The molecule has 72 valence electrons. The predicted molar refractivity (Wildman–Crippen MR) is 43.1 cm³/mol. The Morgan fingerprint density at radius 3 is 2.33 bits per heavy atom. The third-order valence-electron chi connectivity index (χ3n) is 1.53. The molecule has 0 atom stereocenters. The highest BCUT2D eigenvalue weighted by molar-refractivity contribution is 5.79. The van der Waals surface area contributed by atoms with E-state index in [2.05, 4.69) is 5.32 Å². The average molecular weight is 179 g/mol. The number of amides is 1. The highest BCUT2D eigenvalue weighted by Crippen LogP contribution is 2.11. The fourth-order valence-electron chi connectivity index (χ4n) is 1.08. The van der Waals surface area contributed by atoms with Gasteiger partial charge in [-0.05, 0) is 20.3 Å². The van der Waals surface area contributed by atoms with E-state index >= 15 is 0 Å². The second kappa shape index (κ2) is 4.38. The first kappa shape index (κ1) is 11.3. The molecule has 1 N–H and O–H groups in total. The smallest absolute Gasteiger partial charge is 0.315 e. The van der Waals surface area contributed by atoms with E-state index in [9.17, 15) is 13.6 Å². The van der Waals surface area contributed by atoms with Gasteiger partial charge in [0.15, 0.2) is 0 Å². The maximum Gasteiger partial charge on any atom is 0.315 e. The van der Waals surface area contributed by atoms with Gasteiger partial charge in [0.05, 0.1) is 0 Å². The van der Waals surface area contributed by atoms with Gasteiger partial charge in [-0.15, -0.1) is 0 Å². The molecule has 0 aromatic carbocycles. The predicted octanol–water partition coefficient (Wildman–Crippen LogP) is 1.95. The van der Waals surface area contributed by atoms with E-state index in [-0.39, 0.29) is 0 Å². The third-order valence-corrected chi connectivity index (χ3v) is 1.53. The topological polar surface area (TPSA) is 29.1 Å². The highest BCUT2D eigenvalue weighted by Gasteiger charge is 2.24. The number of carbonyl (C=O) groups is 1. The van der Waals surface area contributed by atoms with Crippen LogP contribution in [0.25, 0.3) is 0 Å². The summed E-state index contributed by atoms with van der Waals surface area (Å²) in [5, 5.41) is 2.27. The zero-order valence-electron chi connectivity index (χ0n) is 7.66. The van der Waals surface area contributed by atoms with Gasteiger partial charge < -0.3 is 5.32 Å². The molecule has 1 amide bonds. The van der Waals surface area contributed by atoms with Gasteiger partial charge in [-0.3, -0.25) is 4.79 Å². The van der Waals surface area contributed by atoms with Gasteiger partial charge in [-0.2, -0.15) is 8.78 Å². The molecule has 0 aliphatic carbocycles. The van der Waals surface area contributed by atoms with E-state index in [1.807, 2.05) is 6.92 Å². The number of hydrogen-bond donors (Lipinski definition) is 1. The number of alkyl halides is 2. The van der Waals surface area contributed by atoms with E-state index in [0.29, 0.717) is 6.42 Å². The summed E-state index contributed by atoms with van der Waals surface area (Å²) in [6.45, 7) is 5.41. The minimum atomic E-state index is -2.92. The van der Waals surface area contributed by atoms with Crippen LogP contribution in [-0.4, -0.2) is 17.9 Å². The van der Waals surface area contributed by atoms with Crippen LogP contribution in [0, 0.1) is 0 Å². The number of rotatable bonds is 4. The second-order valence-corrected chi connectivity index (χ2v) is 3.42. The Morgan fingerprint density at radius 1 is 1.50 bits per heavy atom. The molecule has 0 saturated heterocycles. The Hall–Kier alpha value is -0.670. The van der Waals surface area contributed by atoms with E-state index in [4.69, 9.17) is 0 Å². The zero-order valence-corrected chi connectivity index (χ0v) is 7.66. The molecule has 0 spiro atoms. The lowest BCUT2D eigenvalue weighted by molar-refractivity contribution is -0.133. The molecule has 4 heteroatoms. The maximum atomic E-state index is 11.8. The van der Waals surface area contributed by atoms with Gasteiger partial charge in [0.2, 0.25) is 0 Å². The van der Waals surface area contributed by atoms with Gasteiger partial charge >= 0.3 is 6.43 Å². The standard InChI is InChI=1S/C8H15F2NO/c1-4-5-8(2,3)11-7(12)6(9)10/h6H,4-5H2,1-3H3,(H,11,12). The molecular weight excluding hydrogens is 164 g/mol. The molecule has 0 aliphatic heterocycles. The molecule has 0 fully saturated rings. The lowest BCUT2D eigenvalue weighted by atomic mass is 9.99. The minimum Gasteiger partial charge on any atom is -0.346 e. The Kier molecular flexibility index (Phi) is 4.13. The van der Waals surface area contributed by atoms with Crippen molar-refractivity contribution in [1.29, 1.82) is 0 Å². The molecule has 0 aromatic rings. The highest BCUT2D eigenvalue weighted by atomic mass is 19.3. The maximum absolute atomic E-state index is 11.8. The lowest BCUT2D eigenvalue weighted by Crippen LogP contribution is -2.45. The van der Waals surface area contributed by atoms with Crippen LogP contribution in [0.1, 0.15) is 33.6 Å². The molecular formula is C8H15F2NO. The first-order valence-corrected chi connectivity index (χ1v) is 3.99. The van der Waals surface area contributed by atoms with Gasteiger partial charge in [0.1, 0.15) is 0 Å². The summed E-state index contributed by atoms with van der Waals surface area (Å²) in [6.07, 6.45) is -1.36. The molecule has 12 heavy (non-hydrogen) atoms. The Morgan fingerprint density at radius 2 is 2.00 bits per heavy atom. The minimum absolute atomic E-state index is 0.526. The number of nitrogens with one attached hydrogen (secondary N) is 1. The van der Waals surface area contributed by atoms with Crippen molar-refractivity contribution in [2.45, 2.75) is 45.6 Å². The summed E-state index contributed by atoms with van der Waals surface area (Å²) in [6, 6.07) is 0. The van der Waals surface area contributed by atoms with Crippen LogP contribution in [0.4, 0.5) is 8.78 Å². The summed E-state index contributed by atoms with van der Waals surface area (Å²) in [5.41, 5.74) is -0.526. The van der Waals surface area contributed by atoms with Crippen molar-refractivity contribution in [1.82, 2.24) is 5.32 Å². The average Bonchev–Trinajstić information content (AvgIpc) is 1.85. The normalized spacial score (nSPS) is 11.8. The Balaban J connectivity index is 3.96. The molecule has 0 radical (unpaired) electrons. The Bertz CT molecular complexity index is 157. The van der Waals surface area contributed by atoms with Crippen molar-refractivity contribution >= 4 is 5.91 Å². The van der Waals surface area contributed by atoms with Crippen LogP contribution >= 0.6 is 0 Å². The fourth-order valence-corrected chi connectivity index (χ4v) is 1.08. The van der Waals surface area contributed by atoms with Gasteiger partial charge in [-0.25, -0.2) is 0 Å². The van der Waals surface area contributed by atoms with Crippen molar-refractivity contribution in [2.24, 2.45) is 0 Å².